The Morgan fingerprint density at radius 3 is 2.59 bits per heavy atom. The normalized spacial score (nSPS) is 12.1. The van der Waals surface area contributed by atoms with E-state index in [-0.39, 0.29) is 16.3 Å². The molecule has 7 nitrogen and oxygen atoms in total. The van der Waals surface area contributed by atoms with Gasteiger partial charge in [0, 0.05) is 5.69 Å². The second-order valence-electron chi connectivity index (χ2n) is 3.31. The van der Waals surface area contributed by atoms with Crippen LogP contribution in [0.2, 0.25) is 0 Å². The minimum atomic E-state index is -1.22. The van der Waals surface area contributed by atoms with E-state index in [0.717, 1.165) is 11.8 Å². The van der Waals surface area contributed by atoms with Crippen LogP contribution in [0.1, 0.15) is 23.0 Å². The lowest BCUT2D eigenvalue weighted by atomic mass is 10.2. The number of carboxylic acids is 1. The Bertz CT molecular complexity index is 525. The van der Waals surface area contributed by atoms with Gasteiger partial charge in [-0.25, -0.2) is 9.59 Å². The van der Waals surface area contributed by atoms with Gasteiger partial charge in [0.15, 0.2) is 0 Å². The molecule has 0 radical (unpaired) electrons. The molecule has 4 N–H and O–H groups in total. The number of carbonyl (C=O) groups is 2. The average Bonchev–Trinajstić information content (AvgIpc) is 2.14. The molecular weight excluding hydrogens is 246 g/mol. The van der Waals surface area contributed by atoms with Crippen LogP contribution in [0.15, 0.2) is 9.82 Å². The van der Waals surface area contributed by atoms with Crippen LogP contribution in [0.5, 0.6) is 0 Å². The summed E-state index contributed by atoms with van der Waals surface area (Å²) in [5.74, 6) is -1.82. The number of aromatic carboxylic acids is 1. The standard InChI is InChI=1S/C9H11N3O4S/c1-3-5(8(14)15)7(12-9(16)11-3)17-4(2)6(10)13/h4H,1-2H3,(H2,10,13)(H,14,15)(H,11,12,16). The SMILES string of the molecule is Cc1[nH]c(=O)nc(SC(C)C(N)=O)c1C(=O)O. The van der Waals surface area contributed by atoms with Crippen molar-refractivity contribution in [2.24, 2.45) is 5.73 Å². The van der Waals surface area contributed by atoms with Crippen molar-refractivity contribution in [3.63, 3.8) is 0 Å². The summed E-state index contributed by atoms with van der Waals surface area (Å²) in [4.78, 5) is 38.9. The number of H-pyrrole nitrogens is 1. The molecule has 0 spiro atoms. The van der Waals surface area contributed by atoms with Gasteiger partial charge in [-0.1, -0.05) is 11.8 Å². The third-order valence-electron chi connectivity index (χ3n) is 1.99. The van der Waals surface area contributed by atoms with Gasteiger partial charge in [0.1, 0.15) is 10.6 Å². The number of aromatic nitrogens is 2. The summed E-state index contributed by atoms with van der Waals surface area (Å²) in [6.45, 7) is 2.96. The largest absolute Gasteiger partial charge is 0.478 e. The Kier molecular flexibility index (Phi) is 3.89. The van der Waals surface area contributed by atoms with E-state index in [1.165, 1.54) is 13.8 Å². The van der Waals surface area contributed by atoms with Crippen molar-refractivity contribution in [1.29, 1.82) is 0 Å². The van der Waals surface area contributed by atoms with E-state index >= 15 is 0 Å². The fourth-order valence-corrected chi connectivity index (χ4v) is 2.07. The second-order valence-corrected chi connectivity index (χ2v) is 4.64. The van der Waals surface area contributed by atoms with E-state index in [4.69, 9.17) is 10.8 Å². The zero-order valence-electron chi connectivity index (χ0n) is 9.18. The predicted molar refractivity (Wildman–Crippen MR) is 61.1 cm³/mol. The minimum Gasteiger partial charge on any atom is -0.478 e. The first-order chi connectivity index (χ1) is 7.82. The highest BCUT2D eigenvalue weighted by Gasteiger charge is 2.20. The number of hydrogen-bond donors (Lipinski definition) is 3. The zero-order valence-corrected chi connectivity index (χ0v) is 10.00. The van der Waals surface area contributed by atoms with Crippen LogP contribution in [-0.4, -0.2) is 32.2 Å². The molecule has 1 aromatic heterocycles. The molecule has 0 bridgehead atoms. The Hall–Kier alpha value is -1.83. The predicted octanol–water partition coefficient (Wildman–Crippen LogP) is -0.258. The van der Waals surface area contributed by atoms with E-state index < -0.39 is 22.8 Å². The van der Waals surface area contributed by atoms with Crippen LogP contribution in [-0.2, 0) is 4.79 Å². The first kappa shape index (κ1) is 13.2. The number of amides is 1. The van der Waals surface area contributed by atoms with Crippen LogP contribution in [0.3, 0.4) is 0 Å². The summed E-state index contributed by atoms with van der Waals surface area (Å²) < 4.78 is 0. The monoisotopic (exact) mass is 257 g/mol. The van der Waals surface area contributed by atoms with E-state index in [2.05, 4.69) is 9.97 Å². The number of primary amides is 1. The molecule has 0 fully saturated rings. The molecule has 1 atom stereocenters. The molecule has 1 unspecified atom stereocenters. The van der Waals surface area contributed by atoms with E-state index in [1.807, 2.05) is 0 Å². The van der Waals surface area contributed by atoms with Crippen molar-refractivity contribution < 1.29 is 14.7 Å². The topological polar surface area (TPSA) is 126 Å². The molecule has 92 valence electrons. The molecule has 0 aliphatic carbocycles. The number of carbonyl (C=O) groups excluding carboxylic acids is 1. The van der Waals surface area contributed by atoms with E-state index in [1.54, 1.807) is 0 Å². The van der Waals surface area contributed by atoms with Crippen LogP contribution in [0.4, 0.5) is 0 Å². The highest BCUT2D eigenvalue weighted by Crippen LogP contribution is 2.24. The van der Waals surface area contributed by atoms with Gasteiger partial charge < -0.3 is 15.8 Å². The molecule has 0 aliphatic heterocycles. The summed E-state index contributed by atoms with van der Waals surface area (Å²) in [5, 5.41) is 8.32. The fraction of sp³-hybridized carbons (Fsp3) is 0.333. The summed E-state index contributed by atoms with van der Waals surface area (Å²) in [6, 6.07) is 0. The third kappa shape index (κ3) is 3.06. The lowest BCUT2D eigenvalue weighted by Gasteiger charge is -2.09. The number of carboxylic acid groups (broad SMARTS) is 1. The van der Waals surface area contributed by atoms with Crippen molar-refractivity contribution in [1.82, 2.24) is 9.97 Å². The average molecular weight is 257 g/mol. The van der Waals surface area contributed by atoms with Crippen LogP contribution in [0, 0.1) is 6.92 Å². The molecule has 1 amide bonds. The molecule has 17 heavy (non-hydrogen) atoms. The number of thioether (sulfide) groups is 1. The fourth-order valence-electron chi connectivity index (χ4n) is 1.12. The van der Waals surface area contributed by atoms with Gasteiger partial charge in [0.05, 0.1) is 5.25 Å². The number of aromatic amines is 1. The van der Waals surface area contributed by atoms with Gasteiger partial charge in [0.2, 0.25) is 5.91 Å². The number of nitrogens with two attached hydrogens (primary N) is 1. The smallest absolute Gasteiger partial charge is 0.346 e. The molecule has 8 heteroatoms. The number of hydrogen-bond acceptors (Lipinski definition) is 5. The molecule has 1 heterocycles. The lowest BCUT2D eigenvalue weighted by Crippen LogP contribution is -2.25. The van der Waals surface area contributed by atoms with Crippen LogP contribution < -0.4 is 11.4 Å². The van der Waals surface area contributed by atoms with Gasteiger partial charge in [-0.05, 0) is 13.8 Å². The lowest BCUT2D eigenvalue weighted by molar-refractivity contribution is -0.117. The third-order valence-corrected chi connectivity index (χ3v) is 3.09. The maximum absolute atomic E-state index is 11.1. The van der Waals surface area contributed by atoms with Crippen molar-refractivity contribution in [2.75, 3.05) is 0 Å². The zero-order chi connectivity index (χ0) is 13.2. The highest BCUT2D eigenvalue weighted by molar-refractivity contribution is 8.00. The minimum absolute atomic E-state index is 0.00921. The molecule has 0 aromatic carbocycles. The summed E-state index contributed by atoms with van der Waals surface area (Å²) >= 11 is 0.848. The maximum atomic E-state index is 11.1. The first-order valence-electron chi connectivity index (χ1n) is 4.63. The van der Waals surface area contributed by atoms with Crippen LogP contribution >= 0.6 is 11.8 Å². The number of aryl methyl sites for hydroxylation is 1. The number of rotatable bonds is 4. The molecule has 0 saturated carbocycles. The Labute approximate surface area is 100 Å². The van der Waals surface area contributed by atoms with Crippen molar-refractivity contribution in [3.05, 3.63) is 21.7 Å². The van der Waals surface area contributed by atoms with Crippen molar-refractivity contribution >= 4 is 23.6 Å². The van der Waals surface area contributed by atoms with Crippen LogP contribution in [0.25, 0.3) is 0 Å². The summed E-state index contributed by atoms with van der Waals surface area (Å²) in [6.07, 6.45) is 0. The highest BCUT2D eigenvalue weighted by atomic mass is 32.2. The maximum Gasteiger partial charge on any atom is 0.346 e. The van der Waals surface area contributed by atoms with Gasteiger partial charge in [0.25, 0.3) is 0 Å². The van der Waals surface area contributed by atoms with E-state index in [0.29, 0.717) is 0 Å². The molecule has 1 aromatic rings. The summed E-state index contributed by atoms with van der Waals surface area (Å²) in [7, 11) is 0. The molecule has 1 rings (SSSR count). The van der Waals surface area contributed by atoms with Gasteiger partial charge >= 0.3 is 11.7 Å². The Morgan fingerprint density at radius 1 is 1.53 bits per heavy atom. The van der Waals surface area contributed by atoms with E-state index in [9.17, 15) is 14.4 Å². The molecule has 0 saturated heterocycles. The number of nitrogens with zero attached hydrogens (tertiary/aromatic N) is 1. The Balaban J connectivity index is 3.26. The van der Waals surface area contributed by atoms with Crippen molar-refractivity contribution in [2.45, 2.75) is 24.1 Å². The quantitative estimate of drug-likeness (QED) is 0.504. The van der Waals surface area contributed by atoms with Crippen molar-refractivity contribution in [3.8, 4) is 0 Å². The molecule has 0 aliphatic rings. The van der Waals surface area contributed by atoms with Gasteiger partial charge in [-0.3, -0.25) is 4.79 Å². The summed E-state index contributed by atoms with van der Waals surface area (Å²) in [5.41, 5.74) is 4.47. The van der Waals surface area contributed by atoms with Gasteiger partial charge in [-0.15, -0.1) is 0 Å². The second kappa shape index (κ2) is 5.00. The Morgan fingerprint density at radius 2 is 2.12 bits per heavy atom. The number of nitrogens with one attached hydrogen (secondary N) is 1. The molecular formula is C9H11N3O4S. The van der Waals surface area contributed by atoms with Gasteiger partial charge in [-0.2, -0.15) is 4.98 Å². The first-order valence-corrected chi connectivity index (χ1v) is 5.51.